The molecule has 0 bridgehead atoms. The number of carbonyl (C=O) groups excluding carboxylic acids is 2. The van der Waals surface area contributed by atoms with E-state index in [2.05, 4.69) is 31.5 Å². The highest BCUT2D eigenvalue weighted by atomic mass is 79.9. The van der Waals surface area contributed by atoms with Crippen LogP contribution in [0.3, 0.4) is 0 Å². The summed E-state index contributed by atoms with van der Waals surface area (Å²) in [6.45, 7) is 0.265. The first-order valence-electron chi connectivity index (χ1n) is 11.1. The van der Waals surface area contributed by atoms with Gasteiger partial charge in [0.1, 0.15) is 17.3 Å². The first-order valence-corrected chi connectivity index (χ1v) is 12.8. The highest BCUT2D eigenvalue weighted by Crippen LogP contribution is 2.27. The summed E-state index contributed by atoms with van der Waals surface area (Å²) in [6, 6.07) is 14.9. The molecule has 1 aliphatic carbocycles. The van der Waals surface area contributed by atoms with Gasteiger partial charge in [0, 0.05) is 27.5 Å². The maximum absolute atomic E-state index is 12.7. The summed E-state index contributed by atoms with van der Waals surface area (Å²) < 4.78 is 12.0. The SMILES string of the molecule is COc1ccccc1OCc1nc(C(=O)NC2CCC(NC(=O)c3ccc(Br)cc3)CC2)cs1. The first-order chi connectivity index (χ1) is 16.5. The first kappa shape index (κ1) is 24.2. The maximum Gasteiger partial charge on any atom is 0.270 e. The Hall–Kier alpha value is -2.91. The minimum atomic E-state index is -0.179. The van der Waals surface area contributed by atoms with E-state index in [1.54, 1.807) is 24.6 Å². The number of halogens is 1. The lowest BCUT2D eigenvalue weighted by molar-refractivity contribution is 0.0889. The van der Waals surface area contributed by atoms with Crippen LogP contribution < -0.4 is 20.1 Å². The molecule has 1 saturated carbocycles. The molecule has 9 heteroatoms. The van der Waals surface area contributed by atoms with Crippen molar-refractivity contribution < 1.29 is 19.1 Å². The third-order valence-corrected chi connectivity index (χ3v) is 7.06. The van der Waals surface area contributed by atoms with Gasteiger partial charge in [0.05, 0.1) is 7.11 Å². The summed E-state index contributed by atoms with van der Waals surface area (Å²) in [5.41, 5.74) is 1.04. The molecule has 0 saturated heterocycles. The number of aromatic nitrogens is 1. The molecule has 3 aromatic rings. The Bertz CT molecular complexity index is 1130. The normalized spacial score (nSPS) is 17.6. The smallest absolute Gasteiger partial charge is 0.270 e. The molecule has 0 atom stereocenters. The molecule has 1 aliphatic rings. The van der Waals surface area contributed by atoms with Crippen molar-refractivity contribution in [1.29, 1.82) is 0 Å². The molecule has 2 aromatic carbocycles. The van der Waals surface area contributed by atoms with E-state index in [0.717, 1.165) is 35.2 Å². The van der Waals surface area contributed by atoms with E-state index in [1.807, 2.05) is 36.4 Å². The second kappa shape index (κ2) is 11.5. The Kier molecular flexibility index (Phi) is 8.18. The Labute approximate surface area is 211 Å². The van der Waals surface area contributed by atoms with Gasteiger partial charge in [0.15, 0.2) is 11.5 Å². The Morgan fingerprint density at radius 1 is 0.971 bits per heavy atom. The number of hydrogen-bond acceptors (Lipinski definition) is 6. The number of amides is 2. The number of nitrogens with one attached hydrogen (secondary N) is 2. The number of para-hydroxylation sites is 2. The molecule has 2 amide bonds. The van der Waals surface area contributed by atoms with Gasteiger partial charge in [-0.15, -0.1) is 11.3 Å². The van der Waals surface area contributed by atoms with E-state index >= 15 is 0 Å². The number of nitrogens with zero attached hydrogens (tertiary/aromatic N) is 1. The zero-order valence-electron chi connectivity index (χ0n) is 18.8. The topological polar surface area (TPSA) is 89.6 Å². The van der Waals surface area contributed by atoms with Crippen LogP contribution in [-0.4, -0.2) is 36.0 Å². The third kappa shape index (κ3) is 6.36. The van der Waals surface area contributed by atoms with Gasteiger partial charge >= 0.3 is 0 Å². The summed E-state index contributed by atoms with van der Waals surface area (Å²) >= 11 is 4.77. The largest absolute Gasteiger partial charge is 0.493 e. The molecule has 1 heterocycles. The number of hydrogen-bond donors (Lipinski definition) is 2. The summed E-state index contributed by atoms with van der Waals surface area (Å²) in [6.07, 6.45) is 3.26. The monoisotopic (exact) mass is 543 g/mol. The van der Waals surface area contributed by atoms with Gasteiger partial charge in [-0.25, -0.2) is 4.98 Å². The average Bonchev–Trinajstić information content (AvgIpc) is 3.34. The number of carbonyl (C=O) groups is 2. The van der Waals surface area contributed by atoms with Crippen molar-refractivity contribution >= 4 is 39.1 Å². The third-order valence-electron chi connectivity index (χ3n) is 5.71. The Morgan fingerprint density at radius 2 is 1.59 bits per heavy atom. The van der Waals surface area contributed by atoms with Crippen molar-refractivity contribution in [3.63, 3.8) is 0 Å². The van der Waals surface area contributed by atoms with Gasteiger partial charge in [0.2, 0.25) is 0 Å². The molecule has 1 fully saturated rings. The van der Waals surface area contributed by atoms with E-state index in [4.69, 9.17) is 9.47 Å². The number of ether oxygens (including phenoxy) is 2. The summed E-state index contributed by atoms with van der Waals surface area (Å²) in [4.78, 5) is 29.5. The molecule has 0 aliphatic heterocycles. The number of benzene rings is 2. The van der Waals surface area contributed by atoms with E-state index in [0.29, 0.717) is 22.8 Å². The van der Waals surface area contributed by atoms with Gasteiger partial charge < -0.3 is 20.1 Å². The van der Waals surface area contributed by atoms with E-state index in [1.165, 1.54) is 11.3 Å². The van der Waals surface area contributed by atoms with Crippen molar-refractivity contribution in [2.24, 2.45) is 0 Å². The van der Waals surface area contributed by atoms with Crippen LogP contribution >= 0.6 is 27.3 Å². The van der Waals surface area contributed by atoms with Crippen LogP contribution in [0, 0.1) is 0 Å². The quantitative estimate of drug-likeness (QED) is 0.419. The van der Waals surface area contributed by atoms with Gasteiger partial charge in [-0.1, -0.05) is 28.1 Å². The van der Waals surface area contributed by atoms with E-state index in [9.17, 15) is 9.59 Å². The molecule has 0 unspecified atom stereocenters. The van der Waals surface area contributed by atoms with Crippen molar-refractivity contribution in [3.05, 3.63) is 74.6 Å². The van der Waals surface area contributed by atoms with Gasteiger partial charge in [-0.2, -0.15) is 0 Å². The van der Waals surface area contributed by atoms with Crippen LogP contribution in [0.15, 0.2) is 58.4 Å². The highest BCUT2D eigenvalue weighted by molar-refractivity contribution is 9.10. The minimum absolute atomic E-state index is 0.0645. The van der Waals surface area contributed by atoms with Crippen LogP contribution in [0.2, 0.25) is 0 Å². The average molecular weight is 544 g/mol. The molecule has 7 nitrogen and oxygen atoms in total. The molecule has 4 rings (SSSR count). The van der Waals surface area contributed by atoms with Gasteiger partial charge in [-0.05, 0) is 62.1 Å². The predicted octanol–water partition coefficient (Wildman–Crippen LogP) is 4.96. The van der Waals surface area contributed by atoms with Crippen LogP contribution in [0.4, 0.5) is 0 Å². The fraction of sp³-hybridized carbons (Fsp3) is 0.320. The van der Waals surface area contributed by atoms with Crippen LogP contribution in [0.1, 0.15) is 51.5 Å². The molecule has 0 spiro atoms. The molecular formula is C25H26BrN3O4S. The van der Waals surface area contributed by atoms with Crippen molar-refractivity contribution in [2.45, 2.75) is 44.4 Å². The van der Waals surface area contributed by atoms with E-state index in [-0.39, 0.29) is 30.5 Å². The van der Waals surface area contributed by atoms with Gasteiger partial charge in [0.25, 0.3) is 11.8 Å². The summed E-state index contributed by atoms with van der Waals surface area (Å²) in [7, 11) is 1.60. The fourth-order valence-electron chi connectivity index (χ4n) is 3.87. The number of thiazole rings is 1. The zero-order chi connectivity index (χ0) is 23.9. The van der Waals surface area contributed by atoms with Crippen LogP contribution in [-0.2, 0) is 6.61 Å². The summed E-state index contributed by atoms with van der Waals surface area (Å²) in [5, 5.41) is 8.65. The molecular weight excluding hydrogens is 518 g/mol. The van der Waals surface area contributed by atoms with Crippen LogP contribution in [0.5, 0.6) is 11.5 Å². The van der Waals surface area contributed by atoms with E-state index < -0.39 is 0 Å². The number of methoxy groups -OCH3 is 1. The lowest BCUT2D eigenvalue weighted by Gasteiger charge is -2.29. The summed E-state index contributed by atoms with van der Waals surface area (Å²) in [5.74, 6) is 1.04. The van der Waals surface area contributed by atoms with Crippen molar-refractivity contribution in [3.8, 4) is 11.5 Å². The maximum atomic E-state index is 12.7. The second-order valence-electron chi connectivity index (χ2n) is 8.07. The molecule has 0 radical (unpaired) electrons. The standard InChI is InChI=1S/C25H26BrN3O4S/c1-32-21-4-2-3-5-22(21)33-14-23-29-20(15-34-23)25(31)28-19-12-10-18(11-13-19)27-24(30)16-6-8-17(26)9-7-16/h2-9,15,18-19H,10-14H2,1H3,(H,27,30)(H,28,31). The molecule has 1 aromatic heterocycles. The zero-order valence-corrected chi connectivity index (χ0v) is 21.2. The lowest BCUT2D eigenvalue weighted by atomic mass is 9.91. The molecule has 2 N–H and O–H groups in total. The molecule has 34 heavy (non-hydrogen) atoms. The van der Waals surface area contributed by atoms with Crippen molar-refractivity contribution in [1.82, 2.24) is 15.6 Å². The predicted molar refractivity (Wildman–Crippen MR) is 135 cm³/mol. The minimum Gasteiger partial charge on any atom is -0.493 e. The Morgan fingerprint density at radius 3 is 2.24 bits per heavy atom. The second-order valence-corrected chi connectivity index (χ2v) is 9.93. The van der Waals surface area contributed by atoms with Crippen LogP contribution in [0.25, 0.3) is 0 Å². The highest BCUT2D eigenvalue weighted by Gasteiger charge is 2.25. The number of rotatable bonds is 8. The van der Waals surface area contributed by atoms with Crippen molar-refractivity contribution in [2.75, 3.05) is 7.11 Å². The molecule has 178 valence electrons. The Balaban J connectivity index is 1.22. The van der Waals surface area contributed by atoms with Gasteiger partial charge in [-0.3, -0.25) is 9.59 Å². The lowest BCUT2D eigenvalue weighted by Crippen LogP contribution is -2.43. The fourth-order valence-corrected chi connectivity index (χ4v) is 4.82.